The Morgan fingerprint density at radius 2 is 2.07 bits per heavy atom. The van der Waals surface area contributed by atoms with Gasteiger partial charge in [0.25, 0.3) is 5.91 Å². The van der Waals surface area contributed by atoms with Crippen molar-refractivity contribution in [2.45, 2.75) is 13.5 Å². The molecule has 30 heavy (non-hydrogen) atoms. The molecule has 0 aliphatic carbocycles. The maximum absolute atomic E-state index is 12.3. The number of halogens is 2. The summed E-state index contributed by atoms with van der Waals surface area (Å²) in [5, 5.41) is 6.93. The fraction of sp³-hybridized carbons (Fsp3) is 0.0952. The van der Waals surface area contributed by atoms with E-state index < -0.39 is 0 Å². The highest BCUT2D eigenvalue weighted by molar-refractivity contribution is 7.15. The number of imidazole rings is 1. The zero-order valence-electron chi connectivity index (χ0n) is 15.8. The van der Waals surface area contributed by atoms with Crippen LogP contribution in [0.2, 0.25) is 10.2 Å². The zero-order chi connectivity index (χ0) is 21.1. The van der Waals surface area contributed by atoms with Crippen molar-refractivity contribution in [3.63, 3.8) is 0 Å². The molecule has 2 aromatic heterocycles. The van der Waals surface area contributed by atoms with E-state index in [1.165, 1.54) is 17.6 Å². The molecule has 4 rings (SSSR count). The molecule has 0 aliphatic rings. The highest BCUT2D eigenvalue weighted by Gasteiger charge is 2.09. The molecule has 0 fully saturated rings. The van der Waals surface area contributed by atoms with Crippen LogP contribution in [0.5, 0.6) is 5.75 Å². The first kappa shape index (κ1) is 20.4. The van der Waals surface area contributed by atoms with Crippen LogP contribution < -0.4 is 10.2 Å². The van der Waals surface area contributed by atoms with E-state index >= 15 is 0 Å². The zero-order valence-corrected chi connectivity index (χ0v) is 18.1. The highest BCUT2D eigenvalue weighted by atomic mass is 35.5. The first-order chi connectivity index (χ1) is 14.5. The van der Waals surface area contributed by atoms with Gasteiger partial charge in [-0.15, -0.1) is 11.3 Å². The van der Waals surface area contributed by atoms with Gasteiger partial charge < -0.3 is 4.74 Å². The van der Waals surface area contributed by atoms with Crippen LogP contribution in [0.25, 0.3) is 4.96 Å². The second kappa shape index (κ2) is 8.87. The van der Waals surface area contributed by atoms with Crippen molar-refractivity contribution in [3.05, 3.63) is 86.6 Å². The molecule has 0 saturated heterocycles. The number of nitrogens with zero attached hydrogens (tertiary/aromatic N) is 3. The fourth-order valence-electron chi connectivity index (χ4n) is 2.73. The Hall–Kier alpha value is -2.87. The van der Waals surface area contributed by atoms with E-state index in [4.69, 9.17) is 27.9 Å². The van der Waals surface area contributed by atoms with Gasteiger partial charge in [-0.25, -0.2) is 10.4 Å². The Balaban J connectivity index is 1.35. The number of aryl methyl sites for hydroxylation is 1. The van der Waals surface area contributed by atoms with E-state index in [1.54, 1.807) is 22.6 Å². The quantitative estimate of drug-likeness (QED) is 0.312. The Labute approximate surface area is 186 Å². The first-order valence-corrected chi connectivity index (χ1v) is 10.6. The summed E-state index contributed by atoms with van der Waals surface area (Å²) >= 11 is 13.6. The van der Waals surface area contributed by atoms with Crippen LogP contribution in [-0.2, 0) is 6.61 Å². The summed E-state index contributed by atoms with van der Waals surface area (Å²) in [5.74, 6) is 0.417. The molecule has 0 bridgehead atoms. The number of benzene rings is 2. The Kier molecular flexibility index (Phi) is 6.03. The number of ether oxygens (including phenoxy) is 1. The second-order valence-corrected chi connectivity index (χ2v) is 8.08. The molecule has 4 aromatic rings. The van der Waals surface area contributed by atoms with E-state index in [-0.39, 0.29) is 5.91 Å². The Morgan fingerprint density at radius 1 is 1.27 bits per heavy atom. The summed E-state index contributed by atoms with van der Waals surface area (Å²) in [6.07, 6.45) is 3.32. The van der Waals surface area contributed by atoms with Gasteiger partial charge in [-0.05, 0) is 48.4 Å². The average Bonchev–Trinajstić information content (AvgIpc) is 3.30. The van der Waals surface area contributed by atoms with Crippen LogP contribution in [0.15, 0.2) is 59.1 Å². The van der Waals surface area contributed by atoms with Gasteiger partial charge in [0.2, 0.25) is 0 Å². The van der Waals surface area contributed by atoms with Gasteiger partial charge in [-0.3, -0.25) is 9.20 Å². The van der Waals surface area contributed by atoms with Crippen LogP contribution in [0.1, 0.15) is 27.2 Å². The smallest absolute Gasteiger partial charge is 0.271 e. The molecular weight excluding hydrogens is 443 g/mol. The normalized spacial score (nSPS) is 11.3. The number of nitrogens with one attached hydrogen (secondary N) is 1. The van der Waals surface area contributed by atoms with Gasteiger partial charge >= 0.3 is 0 Å². The van der Waals surface area contributed by atoms with E-state index in [0.717, 1.165) is 21.8 Å². The Morgan fingerprint density at radius 3 is 2.83 bits per heavy atom. The third-order valence-corrected chi connectivity index (χ3v) is 5.82. The maximum Gasteiger partial charge on any atom is 0.271 e. The van der Waals surface area contributed by atoms with E-state index in [0.29, 0.717) is 28.0 Å². The summed E-state index contributed by atoms with van der Waals surface area (Å²) < 4.78 is 7.58. The van der Waals surface area contributed by atoms with Gasteiger partial charge in [0, 0.05) is 22.2 Å². The van der Waals surface area contributed by atoms with E-state index in [2.05, 4.69) is 15.5 Å². The molecule has 1 amide bonds. The SMILES string of the molecule is Cc1cc(OCc2ccc(C(=O)N/N=C/c3c(Cl)nc4sccn34)cc2)ccc1Cl. The third-order valence-electron chi connectivity index (χ3n) is 4.36. The lowest BCUT2D eigenvalue weighted by Gasteiger charge is -2.08. The molecule has 0 unspecified atom stereocenters. The molecule has 1 N–H and O–H groups in total. The minimum absolute atomic E-state index is 0.325. The minimum atomic E-state index is -0.325. The summed E-state index contributed by atoms with van der Waals surface area (Å²) in [6, 6.07) is 12.6. The molecule has 2 heterocycles. The monoisotopic (exact) mass is 458 g/mol. The highest BCUT2D eigenvalue weighted by Crippen LogP contribution is 2.22. The second-order valence-electron chi connectivity index (χ2n) is 6.44. The number of thiazole rings is 1. The minimum Gasteiger partial charge on any atom is -0.489 e. The molecule has 0 spiro atoms. The molecular formula is C21H16Cl2N4O2S. The fourth-order valence-corrected chi connectivity index (χ4v) is 3.84. The van der Waals surface area contributed by atoms with Crippen molar-refractivity contribution in [3.8, 4) is 5.75 Å². The summed E-state index contributed by atoms with van der Waals surface area (Å²) in [5.41, 5.74) is 5.49. The maximum atomic E-state index is 12.3. The lowest BCUT2D eigenvalue weighted by atomic mass is 10.1. The number of hydrogen-bond acceptors (Lipinski definition) is 5. The number of hydrazone groups is 1. The number of carbonyl (C=O) groups is 1. The summed E-state index contributed by atoms with van der Waals surface area (Å²) in [4.78, 5) is 17.3. The molecule has 0 saturated carbocycles. The van der Waals surface area contributed by atoms with Gasteiger partial charge in [0.05, 0.1) is 6.21 Å². The average molecular weight is 459 g/mol. The number of aromatic nitrogens is 2. The van der Waals surface area contributed by atoms with Crippen molar-refractivity contribution < 1.29 is 9.53 Å². The molecule has 0 atom stereocenters. The predicted molar refractivity (Wildman–Crippen MR) is 120 cm³/mol. The van der Waals surface area contributed by atoms with Crippen molar-refractivity contribution in [2.75, 3.05) is 0 Å². The largest absolute Gasteiger partial charge is 0.489 e. The number of amides is 1. The number of hydrogen-bond donors (Lipinski definition) is 1. The topological polar surface area (TPSA) is 68.0 Å². The van der Waals surface area contributed by atoms with Crippen LogP contribution in [0, 0.1) is 6.92 Å². The van der Waals surface area contributed by atoms with Crippen molar-refractivity contribution in [1.29, 1.82) is 0 Å². The van der Waals surface area contributed by atoms with Crippen LogP contribution >= 0.6 is 34.5 Å². The number of carbonyl (C=O) groups excluding carboxylic acids is 1. The van der Waals surface area contributed by atoms with Crippen molar-refractivity contribution in [1.82, 2.24) is 14.8 Å². The van der Waals surface area contributed by atoms with E-state index in [9.17, 15) is 4.79 Å². The van der Waals surface area contributed by atoms with Crippen LogP contribution in [-0.4, -0.2) is 21.5 Å². The standard InChI is InChI=1S/C21H16Cl2N4O2S/c1-13-10-16(6-7-17(13)22)29-12-14-2-4-15(5-3-14)20(28)26-24-11-18-19(23)25-21-27(18)8-9-30-21/h2-11H,12H2,1H3,(H,26,28)/b24-11+. The van der Waals surface area contributed by atoms with Crippen LogP contribution in [0.3, 0.4) is 0 Å². The van der Waals surface area contributed by atoms with Crippen molar-refractivity contribution in [2.24, 2.45) is 5.10 Å². The molecule has 6 nitrogen and oxygen atoms in total. The van der Waals surface area contributed by atoms with Gasteiger partial charge in [-0.1, -0.05) is 35.3 Å². The summed E-state index contributed by atoms with van der Waals surface area (Å²) in [7, 11) is 0. The lowest BCUT2D eigenvalue weighted by Crippen LogP contribution is -2.17. The summed E-state index contributed by atoms with van der Waals surface area (Å²) in [6.45, 7) is 2.31. The van der Waals surface area contributed by atoms with Gasteiger partial charge in [0.1, 0.15) is 18.1 Å². The van der Waals surface area contributed by atoms with E-state index in [1.807, 2.05) is 42.8 Å². The van der Waals surface area contributed by atoms with Gasteiger partial charge in [0.15, 0.2) is 10.1 Å². The van der Waals surface area contributed by atoms with Gasteiger partial charge in [-0.2, -0.15) is 5.10 Å². The first-order valence-electron chi connectivity index (χ1n) is 8.93. The van der Waals surface area contributed by atoms with Crippen LogP contribution in [0.4, 0.5) is 0 Å². The number of rotatable bonds is 6. The molecule has 0 radical (unpaired) electrons. The van der Waals surface area contributed by atoms with Crippen molar-refractivity contribution >= 4 is 51.6 Å². The lowest BCUT2D eigenvalue weighted by molar-refractivity contribution is 0.0955. The molecule has 0 aliphatic heterocycles. The molecule has 9 heteroatoms. The Bertz CT molecular complexity index is 1230. The predicted octanol–water partition coefficient (Wildman–Crippen LogP) is 5.35. The molecule has 2 aromatic carbocycles. The molecule has 152 valence electrons. The number of fused-ring (bicyclic) bond motifs is 1. The third kappa shape index (κ3) is 4.48.